The van der Waals surface area contributed by atoms with E-state index in [9.17, 15) is 14.4 Å². The number of hydrogen-bond donors (Lipinski definition) is 1. The van der Waals surface area contributed by atoms with Gasteiger partial charge in [-0.05, 0) is 66.9 Å². The van der Waals surface area contributed by atoms with Crippen LogP contribution in [0.2, 0.25) is 0 Å². The molecule has 0 radical (unpaired) electrons. The summed E-state index contributed by atoms with van der Waals surface area (Å²) < 4.78 is 0. The summed E-state index contributed by atoms with van der Waals surface area (Å²) in [6, 6.07) is 21.9. The van der Waals surface area contributed by atoms with Gasteiger partial charge in [-0.15, -0.1) is 11.8 Å². The third-order valence-corrected chi connectivity index (χ3v) is 6.33. The minimum absolute atomic E-state index is 0.0827. The van der Waals surface area contributed by atoms with Crippen molar-refractivity contribution in [2.75, 3.05) is 16.0 Å². The van der Waals surface area contributed by atoms with Crippen molar-refractivity contribution in [3.63, 3.8) is 0 Å². The zero-order valence-electron chi connectivity index (χ0n) is 17.8. The molecule has 1 aliphatic heterocycles. The maximum atomic E-state index is 12.6. The van der Waals surface area contributed by atoms with Crippen molar-refractivity contribution >= 4 is 40.9 Å². The van der Waals surface area contributed by atoms with Gasteiger partial charge in [0.25, 0.3) is 11.8 Å². The average Bonchev–Trinajstić information content (AvgIpc) is 3.08. The molecule has 5 nitrogen and oxygen atoms in total. The number of aryl methyl sites for hydroxylation is 1. The number of fused-ring (bicyclic) bond motifs is 1. The van der Waals surface area contributed by atoms with Crippen LogP contribution in [0, 0.1) is 0 Å². The Morgan fingerprint density at radius 1 is 0.875 bits per heavy atom. The number of hydrogen-bond acceptors (Lipinski definition) is 4. The van der Waals surface area contributed by atoms with Gasteiger partial charge in [0.2, 0.25) is 5.91 Å². The Bertz CT molecular complexity index is 1110. The number of unbranched alkanes of at least 4 members (excludes halogenated alkanes) is 1. The molecule has 0 atom stereocenters. The third-order valence-electron chi connectivity index (χ3n) is 5.32. The molecule has 32 heavy (non-hydrogen) atoms. The molecule has 3 aromatic carbocycles. The minimum Gasteiger partial charge on any atom is -0.325 e. The first kappa shape index (κ1) is 21.8. The van der Waals surface area contributed by atoms with Gasteiger partial charge in [-0.1, -0.05) is 37.6 Å². The fourth-order valence-electron chi connectivity index (χ4n) is 3.60. The number of thioether (sulfide) groups is 1. The molecule has 0 fully saturated rings. The summed E-state index contributed by atoms with van der Waals surface area (Å²) in [6.07, 6.45) is 3.38. The Kier molecular flexibility index (Phi) is 6.71. The van der Waals surface area contributed by atoms with Crippen molar-refractivity contribution in [1.82, 2.24) is 0 Å². The molecule has 1 heterocycles. The lowest BCUT2D eigenvalue weighted by atomic mass is 10.1. The molecule has 0 aromatic heterocycles. The number of carbonyl (C=O) groups is 3. The highest BCUT2D eigenvalue weighted by molar-refractivity contribution is 8.00. The summed E-state index contributed by atoms with van der Waals surface area (Å²) in [6.45, 7) is 2.17. The molecule has 0 saturated carbocycles. The number of rotatable bonds is 8. The smallest absolute Gasteiger partial charge is 0.266 e. The monoisotopic (exact) mass is 444 g/mol. The number of carbonyl (C=O) groups excluding carboxylic acids is 3. The number of imide groups is 1. The molecule has 1 N–H and O–H groups in total. The largest absolute Gasteiger partial charge is 0.325 e. The molecule has 3 amide bonds. The molecular weight excluding hydrogens is 420 g/mol. The summed E-state index contributed by atoms with van der Waals surface area (Å²) in [4.78, 5) is 39.6. The van der Waals surface area contributed by atoms with Gasteiger partial charge in [-0.25, -0.2) is 4.90 Å². The van der Waals surface area contributed by atoms with E-state index in [1.54, 1.807) is 36.4 Å². The van der Waals surface area contributed by atoms with Gasteiger partial charge in [0.15, 0.2) is 0 Å². The molecule has 0 aliphatic carbocycles. The van der Waals surface area contributed by atoms with E-state index in [1.165, 1.54) is 22.2 Å². The van der Waals surface area contributed by atoms with E-state index in [4.69, 9.17) is 0 Å². The van der Waals surface area contributed by atoms with Gasteiger partial charge in [-0.3, -0.25) is 14.4 Å². The van der Waals surface area contributed by atoms with E-state index in [1.807, 2.05) is 24.3 Å². The highest BCUT2D eigenvalue weighted by Crippen LogP contribution is 2.30. The second kappa shape index (κ2) is 9.83. The highest BCUT2D eigenvalue weighted by atomic mass is 32.2. The van der Waals surface area contributed by atoms with E-state index >= 15 is 0 Å². The zero-order valence-corrected chi connectivity index (χ0v) is 18.7. The van der Waals surface area contributed by atoms with Crippen LogP contribution in [-0.4, -0.2) is 23.5 Å². The molecule has 0 spiro atoms. The van der Waals surface area contributed by atoms with E-state index in [0.717, 1.165) is 29.8 Å². The Labute approximate surface area is 191 Å². The van der Waals surface area contributed by atoms with Crippen LogP contribution in [0.4, 0.5) is 11.4 Å². The van der Waals surface area contributed by atoms with Crippen molar-refractivity contribution in [2.45, 2.75) is 31.1 Å². The van der Waals surface area contributed by atoms with Crippen LogP contribution in [0.1, 0.15) is 46.0 Å². The molecule has 162 valence electrons. The molecule has 0 saturated heterocycles. The first-order valence-electron chi connectivity index (χ1n) is 10.7. The highest BCUT2D eigenvalue weighted by Gasteiger charge is 2.36. The van der Waals surface area contributed by atoms with Gasteiger partial charge in [-0.2, -0.15) is 0 Å². The van der Waals surface area contributed by atoms with Gasteiger partial charge in [0.05, 0.1) is 22.6 Å². The van der Waals surface area contributed by atoms with Gasteiger partial charge < -0.3 is 5.32 Å². The van der Waals surface area contributed by atoms with Crippen LogP contribution < -0.4 is 10.2 Å². The predicted molar refractivity (Wildman–Crippen MR) is 128 cm³/mol. The van der Waals surface area contributed by atoms with Crippen molar-refractivity contribution in [3.8, 4) is 0 Å². The van der Waals surface area contributed by atoms with Gasteiger partial charge in [0.1, 0.15) is 0 Å². The van der Waals surface area contributed by atoms with Crippen molar-refractivity contribution in [1.29, 1.82) is 0 Å². The second-order valence-corrected chi connectivity index (χ2v) is 8.67. The Morgan fingerprint density at radius 3 is 2.09 bits per heavy atom. The van der Waals surface area contributed by atoms with Crippen LogP contribution in [0.15, 0.2) is 77.7 Å². The molecular formula is C26H24N2O3S. The standard InChI is InChI=1S/C26H24N2O3S/c1-2-3-6-18-9-11-19(12-10-18)27-24(29)17-32-21-15-13-20(14-16-21)28-25(30)22-7-4-5-8-23(22)26(28)31/h4-5,7-16H,2-3,6,17H2,1H3,(H,27,29). The Hall–Kier alpha value is -3.38. The van der Waals surface area contributed by atoms with Crippen LogP contribution in [-0.2, 0) is 11.2 Å². The first-order chi connectivity index (χ1) is 15.6. The maximum absolute atomic E-state index is 12.6. The quantitative estimate of drug-likeness (QED) is 0.365. The molecule has 0 unspecified atom stereocenters. The molecule has 4 rings (SSSR count). The predicted octanol–water partition coefficient (Wildman–Crippen LogP) is 5.56. The van der Waals surface area contributed by atoms with Crippen molar-refractivity contribution in [2.24, 2.45) is 0 Å². The van der Waals surface area contributed by atoms with Crippen LogP contribution >= 0.6 is 11.8 Å². The number of anilines is 2. The summed E-state index contributed by atoms with van der Waals surface area (Å²) in [5.74, 6) is -0.442. The summed E-state index contributed by atoms with van der Waals surface area (Å²) in [5.41, 5.74) is 3.43. The van der Waals surface area contributed by atoms with Gasteiger partial charge >= 0.3 is 0 Å². The molecule has 3 aromatic rings. The van der Waals surface area contributed by atoms with Crippen LogP contribution in [0.25, 0.3) is 0 Å². The zero-order chi connectivity index (χ0) is 22.5. The van der Waals surface area contributed by atoms with Gasteiger partial charge in [0, 0.05) is 10.6 Å². The van der Waals surface area contributed by atoms with E-state index in [-0.39, 0.29) is 23.5 Å². The fourth-order valence-corrected chi connectivity index (χ4v) is 4.30. The molecule has 6 heteroatoms. The summed E-state index contributed by atoms with van der Waals surface area (Å²) in [7, 11) is 0. The Morgan fingerprint density at radius 2 is 1.50 bits per heavy atom. The lowest BCUT2D eigenvalue weighted by Gasteiger charge is -2.14. The van der Waals surface area contributed by atoms with E-state index in [0.29, 0.717) is 16.8 Å². The summed E-state index contributed by atoms with van der Waals surface area (Å²) >= 11 is 1.40. The van der Waals surface area contributed by atoms with Crippen molar-refractivity contribution in [3.05, 3.63) is 89.5 Å². The topological polar surface area (TPSA) is 66.5 Å². The SMILES string of the molecule is CCCCc1ccc(NC(=O)CSc2ccc(N3C(=O)c4ccccc4C3=O)cc2)cc1. The second-order valence-electron chi connectivity index (χ2n) is 7.62. The number of benzene rings is 3. The number of nitrogens with zero attached hydrogens (tertiary/aromatic N) is 1. The number of nitrogens with one attached hydrogen (secondary N) is 1. The third kappa shape index (κ3) is 4.75. The molecule has 0 bridgehead atoms. The summed E-state index contributed by atoms with van der Waals surface area (Å²) in [5, 5.41) is 2.92. The van der Waals surface area contributed by atoms with E-state index in [2.05, 4.69) is 24.4 Å². The normalized spacial score (nSPS) is 12.7. The average molecular weight is 445 g/mol. The maximum Gasteiger partial charge on any atom is 0.266 e. The number of amides is 3. The fraction of sp³-hybridized carbons (Fsp3) is 0.192. The van der Waals surface area contributed by atoms with Crippen LogP contribution in [0.3, 0.4) is 0 Å². The first-order valence-corrected chi connectivity index (χ1v) is 11.6. The lowest BCUT2D eigenvalue weighted by Crippen LogP contribution is -2.29. The van der Waals surface area contributed by atoms with E-state index < -0.39 is 0 Å². The van der Waals surface area contributed by atoms with Crippen LogP contribution in [0.5, 0.6) is 0 Å². The Balaban J connectivity index is 1.32. The minimum atomic E-state index is -0.314. The van der Waals surface area contributed by atoms with Crippen molar-refractivity contribution < 1.29 is 14.4 Å². The molecule has 1 aliphatic rings. The lowest BCUT2D eigenvalue weighted by molar-refractivity contribution is -0.113.